The fourth-order valence-corrected chi connectivity index (χ4v) is 7.90. The van der Waals surface area contributed by atoms with Gasteiger partial charge in [-0.3, -0.25) is 14.4 Å². The van der Waals surface area contributed by atoms with Crippen molar-refractivity contribution in [2.45, 2.75) is 94.5 Å². The zero-order valence-corrected chi connectivity index (χ0v) is 23.1. The summed E-state index contributed by atoms with van der Waals surface area (Å²) in [5, 5.41) is 6.91. The van der Waals surface area contributed by atoms with E-state index in [9.17, 15) is 14.4 Å². The van der Waals surface area contributed by atoms with Crippen molar-refractivity contribution in [1.29, 1.82) is 0 Å². The summed E-state index contributed by atoms with van der Waals surface area (Å²) >= 11 is 12.2. The molecule has 0 unspecified atom stereocenters. The van der Waals surface area contributed by atoms with Gasteiger partial charge < -0.3 is 20.3 Å². The van der Waals surface area contributed by atoms with Crippen molar-refractivity contribution in [2.75, 3.05) is 5.32 Å². The Morgan fingerprint density at radius 2 is 1.74 bits per heavy atom. The lowest BCUT2D eigenvalue weighted by Gasteiger charge is -2.42. The number of hydrogen-bond acceptors (Lipinski definition) is 4. The maximum atomic E-state index is 14.3. The molecule has 4 fully saturated rings. The van der Waals surface area contributed by atoms with Gasteiger partial charge in [0.2, 0.25) is 17.7 Å². The average molecular weight is 561 g/mol. The molecular formula is C29H35Cl2N3O4. The fourth-order valence-electron chi connectivity index (χ4n) is 7.60. The highest BCUT2D eigenvalue weighted by Gasteiger charge is 2.73. The van der Waals surface area contributed by atoms with Gasteiger partial charge in [-0.25, -0.2) is 0 Å². The summed E-state index contributed by atoms with van der Waals surface area (Å²) in [5.74, 6) is -1.83. The standard InChI is InChI=1S/C29H35Cl2N3O4/c1-16-7-5-6-10-21(16)34-25(27(36)32-17-8-3-2-4-9-17)29-14-13-22(38-29)23(24(29)28(34)37)26(35)33-18-11-12-19(30)20(31)15-18/h11-17,21-25H,2-10H2,1H3,(H,32,36)(H,33,35)/t16-,21+,22-,23-,24-,25-,29+/m1/s1. The van der Waals surface area contributed by atoms with Crippen molar-refractivity contribution in [3.8, 4) is 0 Å². The number of nitrogens with one attached hydrogen (secondary N) is 2. The lowest BCUT2D eigenvalue weighted by molar-refractivity contribution is -0.146. The van der Waals surface area contributed by atoms with Crippen molar-refractivity contribution in [1.82, 2.24) is 10.2 Å². The molecule has 1 aromatic rings. The van der Waals surface area contributed by atoms with Crippen LogP contribution in [0.4, 0.5) is 5.69 Å². The smallest absolute Gasteiger partial charge is 0.246 e. The summed E-state index contributed by atoms with van der Waals surface area (Å²) < 4.78 is 6.51. The van der Waals surface area contributed by atoms with Gasteiger partial charge in [0.25, 0.3) is 0 Å². The lowest BCUT2D eigenvalue weighted by Crippen LogP contribution is -2.59. The monoisotopic (exact) mass is 559 g/mol. The number of hydrogen-bond donors (Lipinski definition) is 2. The molecule has 7 atom stereocenters. The first-order chi connectivity index (χ1) is 18.3. The second-order valence-corrected chi connectivity index (χ2v) is 12.6. The van der Waals surface area contributed by atoms with E-state index in [1.54, 1.807) is 18.2 Å². The van der Waals surface area contributed by atoms with E-state index < -0.39 is 29.6 Å². The Balaban J connectivity index is 1.33. The van der Waals surface area contributed by atoms with Gasteiger partial charge in [0.1, 0.15) is 11.6 Å². The zero-order chi connectivity index (χ0) is 26.6. The predicted molar refractivity (Wildman–Crippen MR) is 146 cm³/mol. The van der Waals surface area contributed by atoms with Gasteiger partial charge in [0.15, 0.2) is 0 Å². The van der Waals surface area contributed by atoms with Crippen LogP contribution in [0.15, 0.2) is 30.4 Å². The molecule has 2 saturated carbocycles. The van der Waals surface area contributed by atoms with Crippen LogP contribution >= 0.6 is 23.2 Å². The molecule has 6 rings (SSSR count). The Morgan fingerprint density at radius 1 is 1.00 bits per heavy atom. The molecule has 2 bridgehead atoms. The molecule has 9 heteroatoms. The Labute approximate surface area is 233 Å². The van der Waals surface area contributed by atoms with E-state index >= 15 is 0 Å². The molecule has 204 valence electrons. The maximum Gasteiger partial charge on any atom is 0.246 e. The first kappa shape index (κ1) is 26.1. The number of halogens is 2. The molecule has 0 radical (unpaired) electrons. The van der Waals surface area contributed by atoms with Gasteiger partial charge in [-0.15, -0.1) is 0 Å². The highest BCUT2D eigenvalue weighted by Crippen LogP contribution is 2.56. The predicted octanol–water partition coefficient (Wildman–Crippen LogP) is 5.11. The van der Waals surface area contributed by atoms with E-state index in [4.69, 9.17) is 27.9 Å². The van der Waals surface area contributed by atoms with Crippen LogP contribution in [0.5, 0.6) is 0 Å². The molecule has 3 aliphatic heterocycles. The molecule has 2 saturated heterocycles. The molecular weight excluding hydrogens is 525 g/mol. The molecule has 2 aliphatic carbocycles. The third-order valence-corrected chi connectivity index (χ3v) is 10.2. The normalized spacial score (nSPS) is 36.4. The number of amides is 3. The van der Waals surface area contributed by atoms with E-state index in [0.717, 1.165) is 51.4 Å². The maximum absolute atomic E-state index is 14.3. The van der Waals surface area contributed by atoms with Gasteiger partial charge in [0.05, 0.1) is 28.0 Å². The largest absolute Gasteiger partial charge is 0.359 e. The summed E-state index contributed by atoms with van der Waals surface area (Å²) in [5.41, 5.74) is -0.642. The molecule has 7 nitrogen and oxygen atoms in total. The van der Waals surface area contributed by atoms with Crippen molar-refractivity contribution in [3.63, 3.8) is 0 Å². The average Bonchev–Trinajstić information content (AvgIpc) is 3.54. The first-order valence-electron chi connectivity index (χ1n) is 14.1. The van der Waals surface area contributed by atoms with E-state index in [0.29, 0.717) is 15.7 Å². The van der Waals surface area contributed by atoms with E-state index in [1.165, 1.54) is 6.42 Å². The summed E-state index contributed by atoms with van der Waals surface area (Å²) in [6.45, 7) is 2.17. The van der Waals surface area contributed by atoms with Gasteiger partial charge >= 0.3 is 0 Å². The summed E-state index contributed by atoms with van der Waals surface area (Å²) in [6.07, 6.45) is 12.5. The minimum absolute atomic E-state index is 0.0480. The number of anilines is 1. The number of carbonyl (C=O) groups excluding carboxylic acids is 3. The van der Waals surface area contributed by atoms with Gasteiger partial charge in [-0.2, -0.15) is 0 Å². The second kappa shape index (κ2) is 10.1. The minimum atomic E-state index is -1.14. The van der Waals surface area contributed by atoms with Crippen LogP contribution < -0.4 is 10.6 Å². The lowest BCUT2D eigenvalue weighted by atomic mass is 9.74. The molecule has 5 aliphatic rings. The van der Waals surface area contributed by atoms with Crippen LogP contribution in [-0.2, 0) is 19.1 Å². The molecule has 1 aromatic carbocycles. The molecule has 3 amide bonds. The number of nitrogens with zero attached hydrogens (tertiary/aromatic N) is 1. The summed E-state index contributed by atoms with van der Waals surface area (Å²) in [6, 6.07) is 4.18. The van der Waals surface area contributed by atoms with Crippen molar-refractivity contribution in [3.05, 3.63) is 40.4 Å². The SMILES string of the molecule is C[C@@H]1CCCC[C@@H]1N1C(=O)[C@H]2[C@H](C(=O)Nc3ccc(Cl)c(Cl)c3)[C@H]3C=C[C@@]2(O3)[C@H]1C(=O)NC1CCCCC1. The van der Waals surface area contributed by atoms with Crippen LogP contribution in [0.1, 0.15) is 64.7 Å². The van der Waals surface area contributed by atoms with E-state index in [2.05, 4.69) is 17.6 Å². The zero-order valence-electron chi connectivity index (χ0n) is 21.6. The number of ether oxygens (including phenoxy) is 1. The molecule has 2 N–H and O–H groups in total. The van der Waals surface area contributed by atoms with E-state index in [1.807, 2.05) is 17.1 Å². The Kier molecular flexibility index (Phi) is 6.98. The summed E-state index contributed by atoms with van der Waals surface area (Å²) in [7, 11) is 0. The van der Waals surface area contributed by atoms with E-state index in [-0.39, 0.29) is 35.7 Å². The highest BCUT2D eigenvalue weighted by molar-refractivity contribution is 6.42. The van der Waals surface area contributed by atoms with Crippen LogP contribution in [0.2, 0.25) is 10.0 Å². The van der Waals surface area contributed by atoms with Gasteiger partial charge in [-0.1, -0.05) is 74.4 Å². The van der Waals surface area contributed by atoms with Crippen molar-refractivity contribution in [2.24, 2.45) is 17.8 Å². The fraction of sp³-hybridized carbons (Fsp3) is 0.621. The Morgan fingerprint density at radius 3 is 2.47 bits per heavy atom. The number of likely N-dealkylation sites (tertiary alicyclic amines) is 1. The Hall–Kier alpha value is -2.09. The van der Waals surface area contributed by atoms with Crippen molar-refractivity contribution < 1.29 is 19.1 Å². The molecule has 0 aromatic heterocycles. The quantitative estimate of drug-likeness (QED) is 0.490. The van der Waals surface area contributed by atoms with Crippen molar-refractivity contribution >= 4 is 46.6 Å². The first-order valence-corrected chi connectivity index (χ1v) is 14.8. The van der Waals surface area contributed by atoms with Crippen LogP contribution in [-0.4, -0.2) is 52.5 Å². The molecule has 1 spiro atoms. The highest BCUT2D eigenvalue weighted by atomic mass is 35.5. The number of benzene rings is 1. The third-order valence-electron chi connectivity index (χ3n) is 9.43. The number of carbonyl (C=O) groups is 3. The van der Waals surface area contributed by atoms with Crippen LogP contribution in [0, 0.1) is 17.8 Å². The Bertz CT molecular complexity index is 1170. The van der Waals surface area contributed by atoms with Gasteiger partial charge in [-0.05, 0) is 49.8 Å². The minimum Gasteiger partial charge on any atom is -0.359 e. The van der Waals surface area contributed by atoms with Crippen LogP contribution in [0.3, 0.4) is 0 Å². The molecule has 3 heterocycles. The summed E-state index contributed by atoms with van der Waals surface area (Å²) in [4.78, 5) is 43.8. The number of rotatable bonds is 5. The van der Waals surface area contributed by atoms with Crippen LogP contribution in [0.25, 0.3) is 0 Å². The third kappa shape index (κ3) is 4.25. The molecule has 38 heavy (non-hydrogen) atoms. The van der Waals surface area contributed by atoms with Gasteiger partial charge in [0, 0.05) is 17.8 Å². The second-order valence-electron chi connectivity index (χ2n) is 11.7. The number of fused-ring (bicyclic) bond motifs is 1. The topological polar surface area (TPSA) is 87.7 Å².